The highest BCUT2D eigenvalue weighted by Gasteiger charge is 2.41. The third-order valence-corrected chi connectivity index (χ3v) is 11.0. The van der Waals surface area contributed by atoms with E-state index in [1.54, 1.807) is 4.57 Å². The molecule has 2 N–H and O–H groups in total. The van der Waals surface area contributed by atoms with Crippen molar-refractivity contribution in [1.29, 1.82) is 0 Å². The Morgan fingerprint density at radius 1 is 1.13 bits per heavy atom. The van der Waals surface area contributed by atoms with Gasteiger partial charge in [-0.3, -0.25) is 4.79 Å². The molecule has 1 unspecified atom stereocenters. The summed E-state index contributed by atoms with van der Waals surface area (Å²) in [4.78, 5) is 18.8. The molecule has 1 aromatic carbocycles. The van der Waals surface area contributed by atoms with Crippen LogP contribution in [0.15, 0.2) is 17.0 Å². The zero-order chi connectivity index (χ0) is 33.3. The van der Waals surface area contributed by atoms with Gasteiger partial charge in [0.2, 0.25) is 10.0 Å². The van der Waals surface area contributed by atoms with Gasteiger partial charge in [0.05, 0.1) is 14.9 Å². The number of likely N-dealkylation sites (tertiary alicyclic amines) is 1. The van der Waals surface area contributed by atoms with Crippen LogP contribution in [0.4, 0.5) is 22.0 Å². The van der Waals surface area contributed by atoms with Crippen LogP contribution in [0, 0.1) is 0 Å². The number of piperidine rings is 1. The number of nitrogens with one attached hydrogen (secondary N) is 1. The van der Waals surface area contributed by atoms with Crippen LogP contribution >= 0.6 is 34.5 Å². The number of amides is 1. The Bertz CT molecular complexity index is 1740. The number of aromatic nitrogens is 4. The fourth-order valence-electron chi connectivity index (χ4n) is 4.74. The lowest BCUT2D eigenvalue weighted by Gasteiger charge is -2.31. The molecular formula is C26H27Cl2F5N6O4S2. The van der Waals surface area contributed by atoms with E-state index in [0.29, 0.717) is 6.92 Å². The van der Waals surface area contributed by atoms with Gasteiger partial charge in [0.15, 0.2) is 16.7 Å². The average Bonchev–Trinajstić information content (AvgIpc) is 3.49. The number of hydrogen-bond acceptors (Lipinski definition) is 8. The van der Waals surface area contributed by atoms with Crippen molar-refractivity contribution in [3.63, 3.8) is 0 Å². The summed E-state index contributed by atoms with van der Waals surface area (Å²) in [6, 6.07) is -0.350. The number of carbonyl (C=O) groups is 1. The van der Waals surface area contributed by atoms with Crippen molar-refractivity contribution in [2.24, 2.45) is 0 Å². The third kappa shape index (κ3) is 6.83. The predicted molar refractivity (Wildman–Crippen MR) is 156 cm³/mol. The Morgan fingerprint density at radius 3 is 2.31 bits per heavy atom. The fourth-order valence-corrected chi connectivity index (χ4v) is 7.96. The SMILES string of the molecule is CC(NS(=O)(=O)c1ccc(-c2sc(-c3nnc(C(C)(C)O)n3C3CC3)nc2C(=O)N2CCC(F)(F)CC2)c(Cl)c1Cl)C(F)(F)F. The van der Waals surface area contributed by atoms with E-state index in [2.05, 4.69) is 15.2 Å². The lowest BCUT2D eigenvalue weighted by molar-refractivity contribution is -0.147. The van der Waals surface area contributed by atoms with E-state index in [1.165, 1.54) is 29.5 Å². The molecule has 3 aromatic rings. The summed E-state index contributed by atoms with van der Waals surface area (Å²) >= 11 is 13.8. The molecule has 1 amide bonds. The molecule has 45 heavy (non-hydrogen) atoms. The van der Waals surface area contributed by atoms with Gasteiger partial charge in [-0.15, -0.1) is 21.5 Å². The molecular weight excluding hydrogens is 690 g/mol. The largest absolute Gasteiger partial charge is 0.404 e. The third-order valence-electron chi connectivity index (χ3n) is 7.36. The molecule has 5 rings (SSSR count). The highest BCUT2D eigenvalue weighted by Crippen LogP contribution is 2.46. The molecule has 2 fully saturated rings. The van der Waals surface area contributed by atoms with Gasteiger partial charge in [-0.1, -0.05) is 29.3 Å². The molecule has 10 nitrogen and oxygen atoms in total. The Kier molecular flexibility index (Phi) is 8.79. The number of benzene rings is 1. The molecule has 0 spiro atoms. The maximum absolute atomic E-state index is 13.9. The normalized spacial score (nSPS) is 18.3. The second kappa shape index (κ2) is 11.7. The van der Waals surface area contributed by atoms with Crippen molar-refractivity contribution >= 4 is 50.5 Å². The van der Waals surface area contributed by atoms with E-state index >= 15 is 0 Å². The lowest BCUT2D eigenvalue weighted by atomic mass is 10.1. The molecule has 1 atom stereocenters. The van der Waals surface area contributed by atoms with Crippen molar-refractivity contribution in [2.75, 3.05) is 13.1 Å². The first-order valence-electron chi connectivity index (χ1n) is 13.6. The molecule has 2 aliphatic rings. The van der Waals surface area contributed by atoms with Crippen molar-refractivity contribution in [3.05, 3.63) is 33.7 Å². The Labute approximate surface area is 268 Å². The van der Waals surface area contributed by atoms with Gasteiger partial charge in [0.25, 0.3) is 11.8 Å². The minimum absolute atomic E-state index is 0.0270. The maximum atomic E-state index is 13.9. The molecule has 1 saturated heterocycles. The van der Waals surface area contributed by atoms with Gasteiger partial charge in [-0.05, 0) is 39.7 Å². The first-order valence-corrected chi connectivity index (χ1v) is 16.7. The molecule has 246 valence electrons. The molecule has 0 bridgehead atoms. The van der Waals surface area contributed by atoms with Crippen LogP contribution in [0.25, 0.3) is 21.3 Å². The summed E-state index contributed by atoms with van der Waals surface area (Å²) in [5.74, 6) is -3.14. The van der Waals surface area contributed by atoms with Crippen LogP contribution in [-0.2, 0) is 15.6 Å². The second-order valence-corrected chi connectivity index (χ2v) is 14.9. The highest BCUT2D eigenvalue weighted by atomic mass is 35.5. The maximum Gasteiger partial charge on any atom is 0.404 e. The van der Waals surface area contributed by atoms with Gasteiger partial charge in [0, 0.05) is 37.5 Å². The first kappa shape index (κ1) is 33.9. The number of sulfonamides is 1. The minimum atomic E-state index is -4.87. The number of hydrogen-bond donors (Lipinski definition) is 2. The quantitative estimate of drug-likeness (QED) is 0.272. The number of rotatable bonds is 8. The Balaban J connectivity index is 1.62. The van der Waals surface area contributed by atoms with Crippen LogP contribution in [0.3, 0.4) is 0 Å². The van der Waals surface area contributed by atoms with Crippen molar-refractivity contribution in [3.8, 4) is 21.3 Å². The zero-order valence-electron chi connectivity index (χ0n) is 23.9. The van der Waals surface area contributed by atoms with Crippen LogP contribution in [0.5, 0.6) is 0 Å². The standard InChI is InChI=1S/C26H27Cl2F5N6O4S2/c1-12(26(31,32)33)37-45(42,43)15-7-6-14(16(27)17(15)28)19-18(22(40)38-10-8-25(29,30)9-11-38)34-21(44-19)20-35-36-23(24(2,3)41)39(20)13-4-5-13/h6-7,12-13,37,41H,4-5,8-11H2,1-3H3. The van der Waals surface area contributed by atoms with Crippen LogP contribution in [0.2, 0.25) is 10.0 Å². The first-order chi connectivity index (χ1) is 20.7. The zero-order valence-corrected chi connectivity index (χ0v) is 27.1. The summed E-state index contributed by atoms with van der Waals surface area (Å²) in [7, 11) is -4.80. The summed E-state index contributed by atoms with van der Waals surface area (Å²) in [5, 5.41) is 18.2. The topological polar surface area (TPSA) is 130 Å². The minimum Gasteiger partial charge on any atom is -0.382 e. The summed E-state index contributed by atoms with van der Waals surface area (Å²) < 4.78 is 95.8. The molecule has 1 aliphatic heterocycles. The van der Waals surface area contributed by atoms with Crippen LogP contribution in [0.1, 0.15) is 68.8 Å². The average molecular weight is 718 g/mol. The van der Waals surface area contributed by atoms with E-state index in [1.807, 2.05) is 0 Å². The smallest absolute Gasteiger partial charge is 0.382 e. The van der Waals surface area contributed by atoms with E-state index < -0.39 is 67.5 Å². The molecule has 1 aliphatic carbocycles. The van der Waals surface area contributed by atoms with Gasteiger partial charge >= 0.3 is 6.18 Å². The molecule has 0 radical (unpaired) electrons. The number of thiazole rings is 1. The van der Waals surface area contributed by atoms with Crippen molar-refractivity contribution < 1.29 is 40.3 Å². The number of halogens is 7. The molecule has 3 heterocycles. The highest BCUT2D eigenvalue weighted by molar-refractivity contribution is 7.89. The van der Waals surface area contributed by atoms with Crippen LogP contribution in [-0.4, -0.2) is 75.3 Å². The van der Waals surface area contributed by atoms with E-state index in [9.17, 15) is 40.3 Å². The van der Waals surface area contributed by atoms with Crippen LogP contribution < -0.4 is 4.72 Å². The number of carbonyl (C=O) groups excluding carboxylic acids is 1. The lowest BCUT2D eigenvalue weighted by Crippen LogP contribution is -2.43. The number of alkyl halides is 5. The van der Waals surface area contributed by atoms with E-state index in [-0.39, 0.29) is 51.9 Å². The molecule has 2 aromatic heterocycles. The van der Waals surface area contributed by atoms with Gasteiger partial charge in [-0.25, -0.2) is 22.2 Å². The number of nitrogens with zero attached hydrogens (tertiary/aromatic N) is 5. The van der Waals surface area contributed by atoms with Crippen molar-refractivity contribution in [1.82, 2.24) is 29.4 Å². The van der Waals surface area contributed by atoms with Gasteiger partial charge in [-0.2, -0.15) is 17.9 Å². The fraction of sp³-hybridized carbons (Fsp3) is 0.538. The summed E-state index contributed by atoms with van der Waals surface area (Å²) in [6.07, 6.45) is -4.43. The molecule has 19 heteroatoms. The summed E-state index contributed by atoms with van der Waals surface area (Å²) in [5.41, 5.74) is -1.55. The Hall–Kier alpha value is -2.44. The monoisotopic (exact) mass is 716 g/mol. The van der Waals surface area contributed by atoms with E-state index in [4.69, 9.17) is 23.2 Å². The van der Waals surface area contributed by atoms with Crippen molar-refractivity contribution in [2.45, 2.75) is 81.1 Å². The predicted octanol–water partition coefficient (Wildman–Crippen LogP) is 6.04. The van der Waals surface area contributed by atoms with E-state index in [0.717, 1.165) is 30.2 Å². The second-order valence-electron chi connectivity index (χ2n) is 11.5. The summed E-state index contributed by atoms with van der Waals surface area (Å²) in [6.45, 7) is 3.19. The molecule has 1 saturated carbocycles. The van der Waals surface area contributed by atoms with Gasteiger partial charge < -0.3 is 14.6 Å². The van der Waals surface area contributed by atoms with Gasteiger partial charge in [0.1, 0.15) is 22.2 Å². The Morgan fingerprint density at radius 2 is 1.76 bits per heavy atom. The number of aliphatic hydroxyl groups is 1.